The summed E-state index contributed by atoms with van der Waals surface area (Å²) in [5.74, 6) is -4.76. The van der Waals surface area contributed by atoms with Crippen LogP contribution in [-0.2, 0) is 0 Å². The average molecular weight is 280 g/mol. The molecule has 0 radical (unpaired) electrons. The van der Waals surface area contributed by atoms with Gasteiger partial charge in [-0.3, -0.25) is 4.79 Å². The summed E-state index contributed by atoms with van der Waals surface area (Å²) in [5.41, 5.74) is -0.376. The van der Waals surface area contributed by atoms with Crippen molar-refractivity contribution in [2.45, 2.75) is 6.92 Å². The zero-order chi connectivity index (χ0) is 14.7. The van der Waals surface area contributed by atoms with Crippen LogP contribution < -0.4 is 4.74 Å². The second-order valence-corrected chi connectivity index (χ2v) is 4.01. The maximum atomic E-state index is 13.6. The molecule has 0 heterocycles. The van der Waals surface area contributed by atoms with E-state index >= 15 is 0 Å². The minimum absolute atomic E-state index is 0.140. The Morgan fingerprint density at radius 3 is 2.55 bits per heavy atom. The molecule has 0 fully saturated rings. The Bertz CT molecular complexity index is 654. The normalized spacial score (nSPS) is 10.4. The highest BCUT2D eigenvalue weighted by Gasteiger charge is 2.20. The van der Waals surface area contributed by atoms with E-state index in [4.69, 9.17) is 4.74 Å². The topological polar surface area (TPSA) is 26.3 Å². The third-order valence-corrected chi connectivity index (χ3v) is 2.69. The Kier molecular flexibility index (Phi) is 4.08. The number of ketones is 1. The summed E-state index contributed by atoms with van der Waals surface area (Å²) < 4.78 is 44.8. The summed E-state index contributed by atoms with van der Waals surface area (Å²) in [6.45, 7) is 2.20. The molecule has 20 heavy (non-hydrogen) atoms. The molecule has 2 rings (SSSR count). The Balaban J connectivity index is 2.41. The molecule has 0 amide bonds. The van der Waals surface area contributed by atoms with Gasteiger partial charge in [0.15, 0.2) is 23.2 Å². The van der Waals surface area contributed by atoms with Gasteiger partial charge in [-0.05, 0) is 31.2 Å². The average Bonchev–Trinajstić information content (AvgIpc) is 2.45. The molecule has 0 atom stereocenters. The Morgan fingerprint density at radius 1 is 1.10 bits per heavy atom. The number of carbonyl (C=O) groups excluding carboxylic acids is 1. The van der Waals surface area contributed by atoms with E-state index in [2.05, 4.69) is 0 Å². The number of hydrogen-bond acceptors (Lipinski definition) is 2. The van der Waals surface area contributed by atoms with Crippen molar-refractivity contribution in [2.75, 3.05) is 6.61 Å². The summed E-state index contributed by atoms with van der Waals surface area (Å²) in [5, 5.41) is 0. The first-order valence-corrected chi connectivity index (χ1v) is 5.95. The summed E-state index contributed by atoms with van der Waals surface area (Å²) >= 11 is 0. The highest BCUT2D eigenvalue weighted by molar-refractivity contribution is 6.09. The number of carbonyl (C=O) groups is 1. The van der Waals surface area contributed by atoms with E-state index in [9.17, 15) is 18.0 Å². The van der Waals surface area contributed by atoms with Gasteiger partial charge in [-0.2, -0.15) is 0 Å². The SMILES string of the molecule is CCOc1cccc(C(=O)c2ccc(F)c(F)c2F)c1. The van der Waals surface area contributed by atoms with E-state index in [1.807, 2.05) is 0 Å². The minimum Gasteiger partial charge on any atom is -0.494 e. The fourth-order valence-corrected chi connectivity index (χ4v) is 1.75. The molecule has 104 valence electrons. The van der Waals surface area contributed by atoms with Crippen LogP contribution in [0.4, 0.5) is 13.2 Å². The van der Waals surface area contributed by atoms with E-state index in [0.29, 0.717) is 12.4 Å². The molecule has 0 aliphatic rings. The van der Waals surface area contributed by atoms with Gasteiger partial charge in [0.05, 0.1) is 12.2 Å². The third kappa shape index (κ3) is 2.66. The number of benzene rings is 2. The molecule has 0 spiro atoms. The van der Waals surface area contributed by atoms with Crippen LogP contribution in [-0.4, -0.2) is 12.4 Å². The molecule has 0 aromatic heterocycles. The molecule has 2 aromatic rings. The molecule has 0 N–H and O–H groups in total. The van der Waals surface area contributed by atoms with Crippen molar-refractivity contribution in [3.05, 3.63) is 65.0 Å². The van der Waals surface area contributed by atoms with Crippen molar-refractivity contribution in [1.29, 1.82) is 0 Å². The molecule has 0 aliphatic carbocycles. The highest BCUT2D eigenvalue weighted by atomic mass is 19.2. The maximum absolute atomic E-state index is 13.6. The fraction of sp³-hybridized carbons (Fsp3) is 0.133. The summed E-state index contributed by atoms with van der Waals surface area (Å²) in [4.78, 5) is 12.1. The van der Waals surface area contributed by atoms with Gasteiger partial charge >= 0.3 is 0 Å². The van der Waals surface area contributed by atoms with Crippen LogP contribution in [0.1, 0.15) is 22.8 Å². The lowest BCUT2D eigenvalue weighted by molar-refractivity contribution is 0.103. The van der Waals surface area contributed by atoms with Crippen molar-refractivity contribution >= 4 is 5.78 Å². The van der Waals surface area contributed by atoms with Crippen LogP contribution in [0.15, 0.2) is 36.4 Å². The largest absolute Gasteiger partial charge is 0.494 e. The summed E-state index contributed by atoms with van der Waals surface area (Å²) in [7, 11) is 0. The van der Waals surface area contributed by atoms with Crippen molar-refractivity contribution in [1.82, 2.24) is 0 Å². The van der Waals surface area contributed by atoms with Crippen LogP contribution in [0.5, 0.6) is 5.75 Å². The molecular weight excluding hydrogens is 269 g/mol. The third-order valence-electron chi connectivity index (χ3n) is 2.69. The molecule has 5 heteroatoms. The molecule has 2 aromatic carbocycles. The van der Waals surface area contributed by atoms with Crippen molar-refractivity contribution in [3.8, 4) is 5.75 Å². The first-order valence-electron chi connectivity index (χ1n) is 5.95. The van der Waals surface area contributed by atoms with Crippen LogP contribution >= 0.6 is 0 Å². The number of ether oxygens (including phenoxy) is 1. The zero-order valence-electron chi connectivity index (χ0n) is 10.6. The first-order chi connectivity index (χ1) is 9.54. The highest BCUT2D eigenvalue weighted by Crippen LogP contribution is 2.21. The molecule has 0 bridgehead atoms. The Morgan fingerprint density at radius 2 is 1.85 bits per heavy atom. The van der Waals surface area contributed by atoms with Crippen molar-refractivity contribution in [3.63, 3.8) is 0 Å². The molecule has 0 saturated heterocycles. The molecule has 0 unspecified atom stereocenters. The van der Waals surface area contributed by atoms with Crippen LogP contribution in [0.2, 0.25) is 0 Å². The second kappa shape index (κ2) is 5.77. The maximum Gasteiger partial charge on any atom is 0.196 e. The van der Waals surface area contributed by atoms with Crippen LogP contribution in [0, 0.1) is 17.5 Å². The number of halogens is 3. The predicted molar refractivity (Wildman–Crippen MR) is 67.4 cm³/mol. The van der Waals surface area contributed by atoms with Crippen molar-refractivity contribution in [2.24, 2.45) is 0 Å². The van der Waals surface area contributed by atoms with Crippen LogP contribution in [0.3, 0.4) is 0 Å². The van der Waals surface area contributed by atoms with Crippen molar-refractivity contribution < 1.29 is 22.7 Å². The first kappa shape index (κ1) is 14.1. The quantitative estimate of drug-likeness (QED) is 0.630. The summed E-state index contributed by atoms with van der Waals surface area (Å²) in [6, 6.07) is 7.72. The smallest absolute Gasteiger partial charge is 0.196 e. The predicted octanol–water partition coefficient (Wildman–Crippen LogP) is 3.73. The lowest BCUT2D eigenvalue weighted by atomic mass is 10.0. The van der Waals surface area contributed by atoms with Gasteiger partial charge in [0.2, 0.25) is 0 Å². The fourth-order valence-electron chi connectivity index (χ4n) is 1.75. The summed E-state index contributed by atoms with van der Waals surface area (Å²) in [6.07, 6.45) is 0. The Hall–Kier alpha value is -2.30. The Labute approximate surface area is 113 Å². The van der Waals surface area contributed by atoms with Crippen LogP contribution in [0.25, 0.3) is 0 Å². The van der Waals surface area contributed by atoms with Gasteiger partial charge in [0, 0.05) is 5.56 Å². The molecular formula is C15H11F3O2. The molecule has 0 saturated carbocycles. The standard InChI is InChI=1S/C15H11F3O2/c1-2-20-10-5-3-4-9(8-10)15(19)11-6-7-12(16)14(18)13(11)17/h3-8H,2H2,1H3. The number of rotatable bonds is 4. The lowest BCUT2D eigenvalue weighted by Gasteiger charge is -2.07. The second-order valence-electron chi connectivity index (χ2n) is 4.01. The number of hydrogen-bond donors (Lipinski definition) is 0. The van der Waals surface area contributed by atoms with E-state index in [1.54, 1.807) is 19.1 Å². The van der Waals surface area contributed by atoms with Gasteiger partial charge in [-0.15, -0.1) is 0 Å². The lowest BCUT2D eigenvalue weighted by Crippen LogP contribution is -2.07. The van der Waals surface area contributed by atoms with Gasteiger partial charge < -0.3 is 4.74 Å². The minimum atomic E-state index is -1.66. The molecule has 0 aliphatic heterocycles. The van der Waals surface area contributed by atoms with Gasteiger partial charge in [-0.1, -0.05) is 12.1 Å². The van der Waals surface area contributed by atoms with E-state index in [0.717, 1.165) is 12.1 Å². The van der Waals surface area contributed by atoms with Gasteiger partial charge in [0.25, 0.3) is 0 Å². The molecule has 2 nitrogen and oxygen atoms in total. The van der Waals surface area contributed by atoms with Gasteiger partial charge in [-0.25, -0.2) is 13.2 Å². The van der Waals surface area contributed by atoms with Gasteiger partial charge in [0.1, 0.15) is 5.75 Å². The van der Waals surface area contributed by atoms with E-state index in [1.165, 1.54) is 12.1 Å². The van der Waals surface area contributed by atoms with E-state index in [-0.39, 0.29) is 5.56 Å². The monoisotopic (exact) mass is 280 g/mol. The zero-order valence-corrected chi connectivity index (χ0v) is 10.6. The van der Waals surface area contributed by atoms with E-state index < -0.39 is 28.8 Å².